The van der Waals surface area contributed by atoms with Crippen LogP contribution in [0.15, 0.2) is 4.99 Å². The normalized spacial score (nSPS) is 19.4. The molecule has 2 rings (SSSR count). The first-order chi connectivity index (χ1) is 12.0. The minimum Gasteiger partial charge on any atom is -0.374 e. The van der Waals surface area contributed by atoms with E-state index in [0.717, 1.165) is 56.0 Å². The van der Waals surface area contributed by atoms with Crippen LogP contribution >= 0.6 is 11.3 Å². The second-order valence-corrected chi connectivity index (χ2v) is 8.26. The second kappa shape index (κ2) is 10.1. The van der Waals surface area contributed by atoms with Crippen molar-refractivity contribution >= 4 is 17.3 Å². The molecule has 142 valence electrons. The van der Waals surface area contributed by atoms with E-state index in [2.05, 4.69) is 53.2 Å². The summed E-state index contributed by atoms with van der Waals surface area (Å²) in [6.45, 7) is 16.9. The van der Waals surface area contributed by atoms with Gasteiger partial charge < -0.3 is 15.4 Å². The van der Waals surface area contributed by atoms with Gasteiger partial charge in [0.2, 0.25) is 0 Å². The molecular weight excluding hydrogens is 334 g/mol. The third-order valence-electron chi connectivity index (χ3n) is 4.13. The molecule has 1 aliphatic rings. The lowest BCUT2D eigenvalue weighted by Gasteiger charge is -2.34. The number of aromatic nitrogens is 1. The number of aliphatic imine (C=N–C) groups is 1. The monoisotopic (exact) mass is 367 g/mol. The highest BCUT2D eigenvalue weighted by molar-refractivity contribution is 7.11. The maximum absolute atomic E-state index is 5.90. The van der Waals surface area contributed by atoms with Crippen LogP contribution in [0.2, 0.25) is 0 Å². The molecule has 0 saturated carbocycles. The van der Waals surface area contributed by atoms with E-state index in [4.69, 9.17) is 4.74 Å². The molecule has 1 atom stereocenters. The average molecular weight is 368 g/mol. The van der Waals surface area contributed by atoms with Gasteiger partial charge in [-0.1, -0.05) is 13.8 Å². The lowest BCUT2D eigenvalue weighted by atomic mass is 10.2. The summed E-state index contributed by atoms with van der Waals surface area (Å²) < 4.78 is 5.90. The Labute approximate surface area is 156 Å². The topological polar surface area (TPSA) is 61.8 Å². The summed E-state index contributed by atoms with van der Waals surface area (Å²) in [6.07, 6.45) is 0.209. The summed E-state index contributed by atoms with van der Waals surface area (Å²) in [5.41, 5.74) is 1.11. The van der Waals surface area contributed by atoms with Gasteiger partial charge in [-0.3, -0.25) is 4.90 Å². The fourth-order valence-electron chi connectivity index (χ4n) is 2.89. The predicted octanol–water partition coefficient (Wildman–Crippen LogP) is 2.17. The Morgan fingerprint density at radius 3 is 2.84 bits per heavy atom. The van der Waals surface area contributed by atoms with E-state index < -0.39 is 0 Å². The van der Waals surface area contributed by atoms with Crippen molar-refractivity contribution in [3.8, 4) is 0 Å². The van der Waals surface area contributed by atoms with E-state index in [1.54, 1.807) is 11.3 Å². The van der Waals surface area contributed by atoms with Crippen LogP contribution in [0, 0.1) is 19.8 Å². The van der Waals surface area contributed by atoms with E-state index in [1.165, 1.54) is 4.88 Å². The maximum atomic E-state index is 5.90. The van der Waals surface area contributed by atoms with Crippen molar-refractivity contribution in [1.29, 1.82) is 0 Å². The van der Waals surface area contributed by atoms with Gasteiger partial charge in [0.1, 0.15) is 5.01 Å². The van der Waals surface area contributed by atoms with Gasteiger partial charge in [-0.2, -0.15) is 0 Å². The Kier molecular flexibility index (Phi) is 8.12. The quantitative estimate of drug-likeness (QED) is 0.571. The number of hydrogen-bond donors (Lipinski definition) is 2. The van der Waals surface area contributed by atoms with Crippen LogP contribution in [0.25, 0.3) is 0 Å². The minimum absolute atomic E-state index is 0.209. The molecule has 25 heavy (non-hydrogen) atoms. The van der Waals surface area contributed by atoms with E-state index in [9.17, 15) is 0 Å². The van der Waals surface area contributed by atoms with Crippen molar-refractivity contribution in [3.63, 3.8) is 0 Å². The van der Waals surface area contributed by atoms with Gasteiger partial charge in [-0.05, 0) is 26.7 Å². The Bertz CT molecular complexity index is 538. The molecule has 0 aliphatic carbocycles. The first-order valence-electron chi connectivity index (χ1n) is 9.27. The highest BCUT2D eigenvalue weighted by atomic mass is 32.1. The molecule has 0 spiro atoms. The van der Waals surface area contributed by atoms with Crippen molar-refractivity contribution in [2.75, 3.05) is 39.3 Å². The molecule has 2 N–H and O–H groups in total. The molecule has 2 heterocycles. The predicted molar refractivity (Wildman–Crippen MR) is 105 cm³/mol. The van der Waals surface area contributed by atoms with Gasteiger partial charge in [0, 0.05) is 37.6 Å². The van der Waals surface area contributed by atoms with Gasteiger partial charge in [0.25, 0.3) is 0 Å². The summed E-state index contributed by atoms with van der Waals surface area (Å²) in [5.74, 6) is 1.52. The molecule has 1 saturated heterocycles. The first-order valence-corrected chi connectivity index (χ1v) is 10.1. The van der Waals surface area contributed by atoms with Crippen LogP contribution in [-0.2, 0) is 11.3 Å². The highest BCUT2D eigenvalue weighted by Crippen LogP contribution is 2.16. The van der Waals surface area contributed by atoms with Gasteiger partial charge in [-0.25, -0.2) is 9.98 Å². The third kappa shape index (κ3) is 6.92. The number of hydrogen-bond acceptors (Lipinski definition) is 5. The van der Waals surface area contributed by atoms with Crippen LogP contribution < -0.4 is 10.6 Å². The minimum atomic E-state index is 0.209. The SMILES string of the molecule is CCNC(=NCc1nc(C)c(C)s1)NCC1CN(CC(C)C)CCO1. The molecule has 0 aromatic carbocycles. The molecule has 1 aliphatic heterocycles. The van der Waals surface area contributed by atoms with E-state index in [1.807, 2.05) is 6.92 Å². The zero-order valence-electron chi connectivity index (χ0n) is 16.3. The molecule has 1 aromatic heterocycles. The molecular formula is C18H33N5OS. The van der Waals surface area contributed by atoms with Crippen molar-refractivity contribution in [2.24, 2.45) is 10.9 Å². The molecule has 1 aromatic rings. The zero-order chi connectivity index (χ0) is 18.2. The van der Waals surface area contributed by atoms with Crippen LogP contribution in [-0.4, -0.2) is 61.3 Å². The van der Waals surface area contributed by atoms with E-state index >= 15 is 0 Å². The van der Waals surface area contributed by atoms with Crippen LogP contribution in [0.5, 0.6) is 0 Å². The van der Waals surface area contributed by atoms with Crippen molar-refractivity contribution in [2.45, 2.75) is 47.3 Å². The van der Waals surface area contributed by atoms with Gasteiger partial charge in [0.05, 0.1) is 24.9 Å². The number of rotatable bonds is 7. The summed E-state index contributed by atoms with van der Waals surface area (Å²) in [7, 11) is 0. The lowest BCUT2D eigenvalue weighted by molar-refractivity contribution is -0.0284. The van der Waals surface area contributed by atoms with Gasteiger partial charge >= 0.3 is 0 Å². The Morgan fingerprint density at radius 2 is 2.20 bits per heavy atom. The smallest absolute Gasteiger partial charge is 0.191 e. The molecule has 7 heteroatoms. The Balaban J connectivity index is 1.84. The second-order valence-electron chi connectivity index (χ2n) is 6.97. The van der Waals surface area contributed by atoms with Crippen molar-refractivity contribution in [3.05, 3.63) is 15.6 Å². The fraction of sp³-hybridized carbons (Fsp3) is 0.778. The van der Waals surface area contributed by atoms with Gasteiger partial charge in [-0.15, -0.1) is 11.3 Å². The van der Waals surface area contributed by atoms with Crippen LogP contribution in [0.3, 0.4) is 0 Å². The van der Waals surface area contributed by atoms with Crippen LogP contribution in [0.4, 0.5) is 0 Å². The molecule has 0 bridgehead atoms. The maximum Gasteiger partial charge on any atom is 0.191 e. The number of ether oxygens (including phenoxy) is 1. The summed E-state index contributed by atoms with van der Waals surface area (Å²) in [4.78, 5) is 13.0. The van der Waals surface area contributed by atoms with Crippen molar-refractivity contribution in [1.82, 2.24) is 20.5 Å². The average Bonchev–Trinajstić information content (AvgIpc) is 2.88. The number of nitrogens with zero attached hydrogens (tertiary/aromatic N) is 3. The third-order valence-corrected chi connectivity index (χ3v) is 5.19. The molecule has 0 radical (unpaired) electrons. The fourth-order valence-corrected chi connectivity index (χ4v) is 3.75. The summed E-state index contributed by atoms with van der Waals surface area (Å²) in [5, 5.41) is 7.78. The number of nitrogens with one attached hydrogen (secondary N) is 2. The molecule has 6 nitrogen and oxygen atoms in total. The van der Waals surface area contributed by atoms with E-state index in [-0.39, 0.29) is 6.10 Å². The number of guanidine groups is 1. The first kappa shape index (κ1) is 20.1. The highest BCUT2D eigenvalue weighted by Gasteiger charge is 2.21. The zero-order valence-corrected chi connectivity index (χ0v) is 17.1. The summed E-state index contributed by atoms with van der Waals surface area (Å²) in [6, 6.07) is 0. The number of morpholine rings is 1. The molecule has 0 amide bonds. The standard InChI is InChI=1S/C18H33N5OS/c1-6-19-18(21-10-17-22-14(4)15(5)25-17)20-9-16-12-23(7-8-24-16)11-13(2)3/h13,16H,6-12H2,1-5H3,(H2,19,20,21). The molecule has 1 unspecified atom stereocenters. The lowest BCUT2D eigenvalue weighted by Crippen LogP contribution is -2.50. The Morgan fingerprint density at radius 1 is 1.40 bits per heavy atom. The molecule has 1 fully saturated rings. The largest absolute Gasteiger partial charge is 0.374 e. The van der Waals surface area contributed by atoms with Crippen LogP contribution in [0.1, 0.15) is 36.3 Å². The van der Waals surface area contributed by atoms with E-state index in [0.29, 0.717) is 12.5 Å². The number of thiazole rings is 1. The Hall–Kier alpha value is -1.18. The number of aryl methyl sites for hydroxylation is 2. The summed E-state index contributed by atoms with van der Waals surface area (Å²) >= 11 is 1.72. The van der Waals surface area contributed by atoms with Crippen molar-refractivity contribution < 1.29 is 4.74 Å². The van der Waals surface area contributed by atoms with Gasteiger partial charge in [0.15, 0.2) is 5.96 Å².